The van der Waals surface area contributed by atoms with Crippen molar-refractivity contribution in [2.24, 2.45) is 0 Å². The molecule has 0 aromatic rings. The number of rotatable bonds is 2. The maximum absolute atomic E-state index is 12.0. The number of allylic oxidation sites excluding steroid dienone is 1. The zero-order valence-electron chi connectivity index (χ0n) is 10.1. The van der Waals surface area contributed by atoms with Gasteiger partial charge in [-0.05, 0) is 38.5 Å². The highest BCUT2D eigenvalue weighted by atomic mass is 16.1. The molecule has 0 aliphatic heterocycles. The Labute approximate surface area is 98.5 Å². The van der Waals surface area contributed by atoms with Gasteiger partial charge >= 0.3 is 0 Å². The van der Waals surface area contributed by atoms with Gasteiger partial charge in [0.1, 0.15) is 0 Å². The number of hydrogen-bond acceptors (Lipinski definition) is 1. The lowest BCUT2D eigenvalue weighted by atomic mass is 9.95. The van der Waals surface area contributed by atoms with Crippen molar-refractivity contribution in [3.63, 3.8) is 0 Å². The van der Waals surface area contributed by atoms with E-state index in [2.05, 4.69) is 11.4 Å². The SMILES string of the molecule is O=C(NC1CCCCC1)C1=CCCCCC1. The van der Waals surface area contributed by atoms with Crippen LogP contribution in [0.4, 0.5) is 0 Å². The van der Waals surface area contributed by atoms with E-state index in [-0.39, 0.29) is 5.91 Å². The van der Waals surface area contributed by atoms with Gasteiger partial charge in [-0.3, -0.25) is 4.79 Å². The van der Waals surface area contributed by atoms with E-state index in [9.17, 15) is 4.79 Å². The van der Waals surface area contributed by atoms with Gasteiger partial charge in [0.15, 0.2) is 0 Å². The minimum atomic E-state index is 0.216. The van der Waals surface area contributed by atoms with Crippen LogP contribution < -0.4 is 5.32 Å². The molecule has 1 saturated carbocycles. The van der Waals surface area contributed by atoms with E-state index in [0.717, 1.165) is 18.4 Å². The normalized spacial score (nSPS) is 23.4. The molecule has 90 valence electrons. The molecule has 2 aliphatic carbocycles. The summed E-state index contributed by atoms with van der Waals surface area (Å²) in [7, 11) is 0. The van der Waals surface area contributed by atoms with E-state index in [1.54, 1.807) is 0 Å². The van der Waals surface area contributed by atoms with Crippen molar-refractivity contribution in [2.75, 3.05) is 0 Å². The van der Waals surface area contributed by atoms with Crippen LogP contribution in [0.15, 0.2) is 11.6 Å². The summed E-state index contributed by atoms with van der Waals surface area (Å²) in [6, 6.07) is 0.449. The minimum absolute atomic E-state index is 0.216. The lowest BCUT2D eigenvalue weighted by Crippen LogP contribution is -2.37. The van der Waals surface area contributed by atoms with Crippen molar-refractivity contribution in [2.45, 2.75) is 70.3 Å². The van der Waals surface area contributed by atoms with E-state index in [1.165, 1.54) is 51.4 Å². The van der Waals surface area contributed by atoms with Crippen molar-refractivity contribution >= 4 is 5.91 Å². The van der Waals surface area contributed by atoms with Crippen LogP contribution in [0.25, 0.3) is 0 Å². The molecule has 2 rings (SSSR count). The molecule has 0 unspecified atom stereocenters. The first-order valence-electron chi connectivity index (χ1n) is 6.86. The lowest BCUT2D eigenvalue weighted by Gasteiger charge is -2.23. The Kier molecular flexibility index (Phi) is 4.44. The van der Waals surface area contributed by atoms with Crippen LogP contribution in [0, 0.1) is 0 Å². The van der Waals surface area contributed by atoms with Gasteiger partial charge in [-0.1, -0.05) is 31.8 Å². The molecule has 16 heavy (non-hydrogen) atoms. The lowest BCUT2D eigenvalue weighted by molar-refractivity contribution is -0.118. The van der Waals surface area contributed by atoms with E-state index >= 15 is 0 Å². The van der Waals surface area contributed by atoms with E-state index in [4.69, 9.17) is 0 Å². The molecule has 0 saturated heterocycles. The summed E-state index contributed by atoms with van der Waals surface area (Å²) in [5, 5.41) is 3.21. The minimum Gasteiger partial charge on any atom is -0.350 e. The average molecular weight is 221 g/mol. The monoisotopic (exact) mass is 221 g/mol. The second-order valence-corrected chi connectivity index (χ2v) is 5.14. The second-order valence-electron chi connectivity index (χ2n) is 5.14. The molecule has 2 aliphatic rings. The summed E-state index contributed by atoms with van der Waals surface area (Å²) < 4.78 is 0. The molecule has 0 radical (unpaired) electrons. The van der Waals surface area contributed by atoms with Gasteiger partial charge < -0.3 is 5.32 Å². The van der Waals surface area contributed by atoms with E-state index in [0.29, 0.717) is 6.04 Å². The number of hydrogen-bond donors (Lipinski definition) is 1. The second kappa shape index (κ2) is 6.07. The third-order valence-electron chi connectivity index (χ3n) is 3.77. The van der Waals surface area contributed by atoms with Crippen LogP contribution >= 0.6 is 0 Å². The fraction of sp³-hybridized carbons (Fsp3) is 0.786. The zero-order valence-corrected chi connectivity index (χ0v) is 10.1. The molecule has 2 heteroatoms. The van der Waals surface area contributed by atoms with Gasteiger partial charge in [0.2, 0.25) is 5.91 Å². The van der Waals surface area contributed by atoms with Gasteiger partial charge in [0.25, 0.3) is 0 Å². The molecule has 0 bridgehead atoms. The van der Waals surface area contributed by atoms with Crippen molar-refractivity contribution in [1.29, 1.82) is 0 Å². The van der Waals surface area contributed by atoms with Crippen molar-refractivity contribution in [3.8, 4) is 0 Å². The summed E-state index contributed by atoms with van der Waals surface area (Å²) in [5.74, 6) is 0.216. The van der Waals surface area contributed by atoms with Crippen molar-refractivity contribution in [3.05, 3.63) is 11.6 Å². The van der Waals surface area contributed by atoms with E-state index in [1.807, 2.05) is 0 Å². The maximum Gasteiger partial charge on any atom is 0.247 e. The highest BCUT2D eigenvalue weighted by Crippen LogP contribution is 2.20. The predicted molar refractivity (Wildman–Crippen MR) is 66.2 cm³/mol. The third-order valence-corrected chi connectivity index (χ3v) is 3.77. The summed E-state index contributed by atoms with van der Waals surface area (Å²) in [4.78, 5) is 12.0. The van der Waals surface area contributed by atoms with E-state index < -0.39 is 0 Å². The highest BCUT2D eigenvalue weighted by Gasteiger charge is 2.18. The molecule has 1 N–H and O–H groups in total. The first kappa shape index (κ1) is 11.7. The van der Waals surface area contributed by atoms with Crippen LogP contribution in [0.3, 0.4) is 0 Å². The fourth-order valence-corrected chi connectivity index (χ4v) is 2.75. The standard InChI is InChI=1S/C14H23NO/c16-14(12-8-4-1-2-5-9-12)15-13-10-6-3-7-11-13/h8,13H,1-7,9-11H2,(H,15,16). The van der Waals surface area contributed by atoms with Gasteiger partial charge in [0.05, 0.1) is 0 Å². The topological polar surface area (TPSA) is 29.1 Å². The Morgan fingerprint density at radius 1 is 1.06 bits per heavy atom. The number of nitrogens with one attached hydrogen (secondary N) is 1. The van der Waals surface area contributed by atoms with Crippen LogP contribution in [0.1, 0.15) is 64.2 Å². The quantitative estimate of drug-likeness (QED) is 0.761. The first-order chi connectivity index (χ1) is 7.86. The molecule has 0 spiro atoms. The maximum atomic E-state index is 12.0. The molecule has 1 fully saturated rings. The summed E-state index contributed by atoms with van der Waals surface area (Å²) >= 11 is 0. The fourth-order valence-electron chi connectivity index (χ4n) is 2.75. The molecule has 0 aromatic heterocycles. The molecule has 0 atom stereocenters. The van der Waals surface area contributed by atoms with Gasteiger partial charge in [-0.2, -0.15) is 0 Å². The van der Waals surface area contributed by atoms with Crippen molar-refractivity contribution in [1.82, 2.24) is 5.32 Å². The average Bonchev–Trinajstić information content (AvgIpc) is 2.59. The van der Waals surface area contributed by atoms with Crippen LogP contribution in [0.2, 0.25) is 0 Å². The summed E-state index contributed by atoms with van der Waals surface area (Å²) in [6.45, 7) is 0. The Hall–Kier alpha value is -0.790. The van der Waals surface area contributed by atoms with Gasteiger partial charge in [0, 0.05) is 11.6 Å². The molecule has 2 nitrogen and oxygen atoms in total. The molecule has 1 amide bonds. The van der Waals surface area contributed by atoms with Crippen LogP contribution in [0.5, 0.6) is 0 Å². The Morgan fingerprint density at radius 2 is 1.81 bits per heavy atom. The predicted octanol–water partition coefficient (Wildman–Crippen LogP) is 3.33. The Bertz CT molecular complexity index is 264. The van der Waals surface area contributed by atoms with Crippen molar-refractivity contribution < 1.29 is 4.79 Å². The molecular formula is C14H23NO. The molecule has 0 aromatic carbocycles. The Balaban J connectivity index is 1.83. The summed E-state index contributed by atoms with van der Waals surface area (Å²) in [5.41, 5.74) is 1.04. The smallest absolute Gasteiger partial charge is 0.247 e. The van der Waals surface area contributed by atoms with Gasteiger partial charge in [-0.15, -0.1) is 0 Å². The first-order valence-corrected chi connectivity index (χ1v) is 6.86. The molecular weight excluding hydrogens is 198 g/mol. The third kappa shape index (κ3) is 3.36. The van der Waals surface area contributed by atoms with Crippen LogP contribution in [-0.4, -0.2) is 11.9 Å². The largest absolute Gasteiger partial charge is 0.350 e. The summed E-state index contributed by atoms with van der Waals surface area (Å²) in [6.07, 6.45) is 14.2. The molecule has 0 heterocycles. The number of carbonyl (C=O) groups is 1. The Morgan fingerprint density at radius 3 is 2.62 bits per heavy atom. The number of carbonyl (C=O) groups excluding carboxylic acids is 1. The van der Waals surface area contributed by atoms with Crippen LogP contribution in [-0.2, 0) is 4.79 Å². The number of amides is 1. The highest BCUT2D eigenvalue weighted by molar-refractivity contribution is 5.93. The van der Waals surface area contributed by atoms with Gasteiger partial charge in [-0.25, -0.2) is 0 Å². The zero-order chi connectivity index (χ0) is 11.2.